The van der Waals surface area contributed by atoms with Crippen LogP contribution in [0.3, 0.4) is 0 Å². The Bertz CT molecular complexity index is 751. The van der Waals surface area contributed by atoms with Crippen molar-refractivity contribution in [1.82, 2.24) is 19.8 Å². The van der Waals surface area contributed by atoms with E-state index < -0.39 is 0 Å². The smallest absolute Gasteiger partial charge is 0.228 e. The fraction of sp³-hybridized carbons (Fsp3) is 0.500. The molecule has 0 spiro atoms. The van der Waals surface area contributed by atoms with Crippen LogP contribution in [0.25, 0.3) is 11.0 Å². The molecule has 2 atom stereocenters. The lowest BCUT2D eigenvalue weighted by atomic mass is 9.98. The molecule has 6 heteroatoms. The molecule has 2 aliphatic rings. The van der Waals surface area contributed by atoms with E-state index in [9.17, 15) is 9.59 Å². The molecule has 2 aliphatic heterocycles. The molecule has 1 aromatic heterocycles. The highest BCUT2D eigenvalue weighted by molar-refractivity contribution is 5.89. The first kappa shape index (κ1) is 15.2. The number of amides is 2. The van der Waals surface area contributed by atoms with Crippen molar-refractivity contribution in [3.63, 3.8) is 0 Å². The van der Waals surface area contributed by atoms with Crippen molar-refractivity contribution in [3.05, 3.63) is 30.1 Å². The monoisotopic (exact) mass is 326 g/mol. The summed E-state index contributed by atoms with van der Waals surface area (Å²) in [5.41, 5.74) is 1.93. The van der Waals surface area contributed by atoms with E-state index in [-0.39, 0.29) is 23.8 Å². The number of hydrogen-bond donors (Lipinski definition) is 1. The third kappa shape index (κ3) is 2.56. The number of fused-ring (bicyclic) bond motifs is 1. The summed E-state index contributed by atoms with van der Waals surface area (Å²) in [5.74, 6) is 0.804. The summed E-state index contributed by atoms with van der Waals surface area (Å²) in [6.45, 7) is 1.27. The Morgan fingerprint density at radius 2 is 2.12 bits per heavy atom. The zero-order chi connectivity index (χ0) is 16.7. The van der Waals surface area contributed by atoms with Gasteiger partial charge in [0.05, 0.1) is 23.0 Å². The number of para-hydroxylation sites is 2. The lowest BCUT2D eigenvalue weighted by Crippen LogP contribution is -2.42. The van der Waals surface area contributed by atoms with E-state index >= 15 is 0 Å². The molecular weight excluding hydrogens is 304 g/mol. The van der Waals surface area contributed by atoms with Crippen LogP contribution >= 0.6 is 0 Å². The third-order valence-corrected chi connectivity index (χ3v) is 5.20. The van der Waals surface area contributed by atoms with Gasteiger partial charge >= 0.3 is 0 Å². The van der Waals surface area contributed by atoms with E-state index in [0.29, 0.717) is 13.0 Å². The number of carbonyl (C=O) groups is 2. The van der Waals surface area contributed by atoms with Crippen LogP contribution in [-0.4, -0.2) is 51.7 Å². The van der Waals surface area contributed by atoms with Gasteiger partial charge in [0.2, 0.25) is 11.8 Å². The lowest BCUT2D eigenvalue weighted by molar-refractivity contribution is -0.139. The zero-order valence-corrected chi connectivity index (χ0v) is 13.9. The number of benzene rings is 1. The number of imidazole rings is 1. The van der Waals surface area contributed by atoms with Gasteiger partial charge in [0.25, 0.3) is 0 Å². The van der Waals surface area contributed by atoms with Crippen molar-refractivity contribution < 1.29 is 9.59 Å². The van der Waals surface area contributed by atoms with Crippen LogP contribution in [0, 0.1) is 5.92 Å². The normalized spacial score (nSPS) is 24.8. The summed E-state index contributed by atoms with van der Waals surface area (Å²) in [7, 11) is 1.77. The SMILES string of the molecule is CN1C[C@H](C(=O)N2CCCC[C@H]2c2nc3ccccc3[nH]2)CC1=O. The molecule has 2 amide bonds. The minimum Gasteiger partial charge on any atom is -0.345 e. The number of H-pyrrole nitrogens is 1. The first-order valence-electron chi connectivity index (χ1n) is 8.62. The van der Waals surface area contributed by atoms with Crippen LogP contribution in [0.5, 0.6) is 0 Å². The predicted octanol–water partition coefficient (Wildman–Crippen LogP) is 2.09. The molecule has 2 aromatic rings. The van der Waals surface area contributed by atoms with Crippen LogP contribution in [-0.2, 0) is 9.59 Å². The Morgan fingerprint density at radius 3 is 2.88 bits per heavy atom. The van der Waals surface area contributed by atoms with E-state index in [4.69, 9.17) is 4.98 Å². The van der Waals surface area contributed by atoms with Gasteiger partial charge < -0.3 is 14.8 Å². The van der Waals surface area contributed by atoms with Gasteiger partial charge in [0.1, 0.15) is 5.82 Å². The molecule has 0 unspecified atom stereocenters. The highest BCUT2D eigenvalue weighted by Crippen LogP contribution is 2.33. The number of nitrogens with zero attached hydrogens (tertiary/aromatic N) is 3. The minimum atomic E-state index is -0.215. The molecule has 2 fully saturated rings. The van der Waals surface area contributed by atoms with Gasteiger partial charge in [-0.3, -0.25) is 9.59 Å². The van der Waals surface area contributed by atoms with Gasteiger partial charge in [-0.05, 0) is 31.4 Å². The molecule has 0 aliphatic carbocycles. The average Bonchev–Trinajstić information content (AvgIpc) is 3.18. The second-order valence-electron chi connectivity index (χ2n) is 6.86. The second kappa shape index (κ2) is 5.92. The fourth-order valence-electron chi connectivity index (χ4n) is 3.87. The first-order valence-corrected chi connectivity index (χ1v) is 8.62. The zero-order valence-electron chi connectivity index (χ0n) is 13.9. The van der Waals surface area contributed by atoms with Crippen molar-refractivity contribution >= 4 is 22.8 Å². The molecular formula is C18H22N4O2. The molecule has 2 saturated heterocycles. The Morgan fingerprint density at radius 1 is 1.29 bits per heavy atom. The van der Waals surface area contributed by atoms with Gasteiger partial charge in [0.15, 0.2) is 0 Å². The minimum absolute atomic E-state index is 0.0142. The van der Waals surface area contributed by atoms with Crippen LogP contribution in [0.15, 0.2) is 24.3 Å². The van der Waals surface area contributed by atoms with E-state index in [0.717, 1.165) is 42.7 Å². The number of aromatic amines is 1. The van der Waals surface area contributed by atoms with Crippen molar-refractivity contribution in [1.29, 1.82) is 0 Å². The maximum atomic E-state index is 13.0. The highest BCUT2D eigenvalue weighted by atomic mass is 16.2. The van der Waals surface area contributed by atoms with Crippen molar-refractivity contribution in [2.75, 3.05) is 20.1 Å². The van der Waals surface area contributed by atoms with Crippen LogP contribution in [0.1, 0.15) is 37.5 Å². The quantitative estimate of drug-likeness (QED) is 0.919. The molecule has 3 heterocycles. The van der Waals surface area contributed by atoms with Gasteiger partial charge in [-0.1, -0.05) is 12.1 Å². The molecule has 0 saturated carbocycles. The van der Waals surface area contributed by atoms with E-state index in [1.807, 2.05) is 29.2 Å². The number of likely N-dealkylation sites (tertiary alicyclic amines) is 2. The molecule has 24 heavy (non-hydrogen) atoms. The van der Waals surface area contributed by atoms with Gasteiger partial charge in [-0.25, -0.2) is 4.98 Å². The van der Waals surface area contributed by atoms with Crippen molar-refractivity contribution in [3.8, 4) is 0 Å². The number of rotatable bonds is 2. The third-order valence-electron chi connectivity index (χ3n) is 5.20. The topological polar surface area (TPSA) is 69.3 Å². The van der Waals surface area contributed by atoms with E-state index in [1.165, 1.54) is 0 Å². The number of piperidine rings is 1. The number of aromatic nitrogens is 2. The fourth-order valence-corrected chi connectivity index (χ4v) is 3.87. The second-order valence-corrected chi connectivity index (χ2v) is 6.86. The summed E-state index contributed by atoms with van der Waals surface area (Å²) in [4.78, 5) is 36.4. The summed E-state index contributed by atoms with van der Waals surface area (Å²) in [6.07, 6.45) is 3.36. The maximum Gasteiger partial charge on any atom is 0.228 e. The van der Waals surface area contributed by atoms with Gasteiger partial charge in [-0.15, -0.1) is 0 Å². The number of nitrogens with one attached hydrogen (secondary N) is 1. The summed E-state index contributed by atoms with van der Waals surface area (Å²) in [5, 5.41) is 0. The Hall–Kier alpha value is -2.37. The van der Waals surface area contributed by atoms with Gasteiger partial charge in [-0.2, -0.15) is 0 Å². The highest BCUT2D eigenvalue weighted by Gasteiger charge is 2.38. The first-order chi connectivity index (χ1) is 11.6. The molecule has 1 N–H and O–H groups in total. The number of carbonyl (C=O) groups excluding carboxylic acids is 2. The summed E-state index contributed by atoms with van der Waals surface area (Å²) >= 11 is 0. The van der Waals surface area contributed by atoms with Crippen LogP contribution in [0.2, 0.25) is 0 Å². The molecule has 0 radical (unpaired) electrons. The Labute approximate surface area is 140 Å². The Kier molecular flexibility index (Phi) is 3.75. The van der Waals surface area contributed by atoms with Crippen LogP contribution in [0.4, 0.5) is 0 Å². The maximum absolute atomic E-state index is 13.0. The largest absolute Gasteiger partial charge is 0.345 e. The van der Waals surface area contributed by atoms with Crippen LogP contribution < -0.4 is 0 Å². The summed E-state index contributed by atoms with van der Waals surface area (Å²) < 4.78 is 0. The molecule has 6 nitrogen and oxygen atoms in total. The number of hydrogen-bond acceptors (Lipinski definition) is 3. The molecule has 126 valence electrons. The average molecular weight is 326 g/mol. The summed E-state index contributed by atoms with van der Waals surface area (Å²) in [6, 6.07) is 7.92. The molecule has 0 bridgehead atoms. The van der Waals surface area contributed by atoms with E-state index in [2.05, 4.69) is 4.98 Å². The van der Waals surface area contributed by atoms with E-state index in [1.54, 1.807) is 11.9 Å². The molecule has 4 rings (SSSR count). The van der Waals surface area contributed by atoms with Crippen molar-refractivity contribution in [2.24, 2.45) is 5.92 Å². The lowest BCUT2D eigenvalue weighted by Gasteiger charge is -2.36. The van der Waals surface area contributed by atoms with Crippen molar-refractivity contribution in [2.45, 2.75) is 31.7 Å². The standard InChI is InChI=1S/C18H22N4O2/c1-21-11-12(10-16(21)23)18(24)22-9-5-4-8-15(22)17-19-13-6-2-3-7-14(13)20-17/h2-3,6-7,12,15H,4-5,8-11H2,1H3,(H,19,20)/t12-,15+/m1/s1. The Balaban J connectivity index is 1.61. The predicted molar refractivity (Wildman–Crippen MR) is 90.1 cm³/mol. The van der Waals surface area contributed by atoms with Gasteiger partial charge in [0, 0.05) is 26.6 Å². The molecule has 1 aromatic carbocycles.